The van der Waals surface area contributed by atoms with Gasteiger partial charge in [-0.15, -0.1) is 23.7 Å². The SMILES string of the molecule is Cc1ccc(C(=O)CCNC(C)C)s1.Cl. The minimum atomic E-state index is 0. The maximum atomic E-state index is 11.6. The first-order valence-electron chi connectivity index (χ1n) is 4.92. The van der Waals surface area contributed by atoms with Crippen LogP contribution in [0, 0.1) is 6.92 Å². The second-order valence-electron chi connectivity index (χ2n) is 3.69. The van der Waals surface area contributed by atoms with Crippen molar-refractivity contribution in [2.45, 2.75) is 33.2 Å². The maximum absolute atomic E-state index is 11.6. The van der Waals surface area contributed by atoms with Gasteiger partial charge in [0.05, 0.1) is 4.88 Å². The van der Waals surface area contributed by atoms with Crippen molar-refractivity contribution in [3.63, 3.8) is 0 Å². The van der Waals surface area contributed by atoms with Crippen molar-refractivity contribution < 1.29 is 4.79 Å². The Bertz CT molecular complexity index is 309. The van der Waals surface area contributed by atoms with Crippen molar-refractivity contribution in [3.05, 3.63) is 21.9 Å². The molecule has 1 rings (SSSR count). The van der Waals surface area contributed by atoms with Gasteiger partial charge in [0, 0.05) is 23.9 Å². The number of rotatable bonds is 5. The summed E-state index contributed by atoms with van der Waals surface area (Å²) in [5.41, 5.74) is 0. The van der Waals surface area contributed by atoms with E-state index in [4.69, 9.17) is 0 Å². The van der Waals surface area contributed by atoms with Gasteiger partial charge in [-0.05, 0) is 19.1 Å². The van der Waals surface area contributed by atoms with Crippen molar-refractivity contribution in [1.29, 1.82) is 0 Å². The molecule has 0 spiro atoms. The highest BCUT2D eigenvalue weighted by Gasteiger charge is 2.07. The molecule has 15 heavy (non-hydrogen) atoms. The highest BCUT2D eigenvalue weighted by Crippen LogP contribution is 2.16. The van der Waals surface area contributed by atoms with Gasteiger partial charge in [-0.1, -0.05) is 13.8 Å². The van der Waals surface area contributed by atoms with Gasteiger partial charge in [0.25, 0.3) is 0 Å². The van der Waals surface area contributed by atoms with Gasteiger partial charge < -0.3 is 5.32 Å². The van der Waals surface area contributed by atoms with Crippen molar-refractivity contribution in [3.8, 4) is 0 Å². The Morgan fingerprint density at radius 1 is 1.47 bits per heavy atom. The molecule has 0 aliphatic rings. The summed E-state index contributed by atoms with van der Waals surface area (Å²) in [7, 11) is 0. The van der Waals surface area contributed by atoms with Crippen LogP contribution in [0.15, 0.2) is 12.1 Å². The lowest BCUT2D eigenvalue weighted by Crippen LogP contribution is -2.25. The summed E-state index contributed by atoms with van der Waals surface area (Å²) in [4.78, 5) is 13.7. The Kier molecular flexibility index (Phi) is 6.81. The molecule has 0 saturated heterocycles. The van der Waals surface area contributed by atoms with Gasteiger partial charge in [0.2, 0.25) is 0 Å². The molecule has 0 bridgehead atoms. The predicted molar refractivity (Wildman–Crippen MR) is 68.4 cm³/mol. The molecule has 1 N–H and O–H groups in total. The summed E-state index contributed by atoms with van der Waals surface area (Å²) in [5, 5.41) is 3.24. The fourth-order valence-corrected chi connectivity index (χ4v) is 2.02. The molecule has 2 nitrogen and oxygen atoms in total. The van der Waals surface area contributed by atoms with Crippen LogP contribution in [-0.4, -0.2) is 18.4 Å². The molecule has 86 valence electrons. The van der Waals surface area contributed by atoms with Gasteiger partial charge in [-0.3, -0.25) is 4.79 Å². The normalized spacial score (nSPS) is 10.1. The van der Waals surface area contributed by atoms with Crippen LogP contribution in [0.25, 0.3) is 0 Å². The number of carbonyl (C=O) groups is 1. The van der Waals surface area contributed by atoms with Crippen LogP contribution in [-0.2, 0) is 0 Å². The van der Waals surface area contributed by atoms with Crippen LogP contribution in [0.2, 0.25) is 0 Å². The van der Waals surface area contributed by atoms with Crippen LogP contribution in [0.4, 0.5) is 0 Å². The molecular weight excluding hydrogens is 230 g/mol. The zero-order chi connectivity index (χ0) is 10.6. The standard InChI is InChI=1S/C11H17NOS.ClH/c1-8(2)12-7-6-10(13)11-5-4-9(3)14-11;/h4-5,8,12H,6-7H2,1-3H3;1H. The lowest BCUT2D eigenvalue weighted by molar-refractivity contribution is 0.0986. The van der Waals surface area contributed by atoms with Crippen molar-refractivity contribution in [2.75, 3.05) is 6.54 Å². The van der Waals surface area contributed by atoms with E-state index in [1.807, 2.05) is 19.1 Å². The number of Topliss-reactive ketones (excluding diaryl/α,β-unsaturated/α-hetero) is 1. The quantitative estimate of drug-likeness (QED) is 0.811. The Labute approximate surface area is 101 Å². The van der Waals surface area contributed by atoms with Crippen molar-refractivity contribution >= 4 is 29.5 Å². The zero-order valence-electron chi connectivity index (χ0n) is 9.37. The van der Waals surface area contributed by atoms with E-state index in [0.29, 0.717) is 12.5 Å². The number of aryl methyl sites for hydroxylation is 1. The van der Waals surface area contributed by atoms with Gasteiger partial charge in [0.1, 0.15) is 0 Å². The molecule has 0 aliphatic heterocycles. The van der Waals surface area contributed by atoms with Crippen LogP contribution in [0.5, 0.6) is 0 Å². The van der Waals surface area contributed by atoms with Crippen LogP contribution < -0.4 is 5.32 Å². The molecule has 0 saturated carbocycles. The molecule has 0 fully saturated rings. The van der Waals surface area contributed by atoms with Crippen molar-refractivity contribution in [1.82, 2.24) is 5.32 Å². The predicted octanol–water partition coefficient (Wildman–Crippen LogP) is 3.05. The highest BCUT2D eigenvalue weighted by atomic mass is 35.5. The van der Waals surface area contributed by atoms with E-state index >= 15 is 0 Å². The second kappa shape index (κ2) is 6.99. The summed E-state index contributed by atoms with van der Waals surface area (Å²) in [5.74, 6) is 0.247. The number of nitrogens with one attached hydrogen (secondary N) is 1. The monoisotopic (exact) mass is 247 g/mol. The number of hydrogen-bond donors (Lipinski definition) is 1. The third-order valence-electron chi connectivity index (χ3n) is 1.92. The average molecular weight is 248 g/mol. The number of halogens is 1. The molecule has 0 atom stereocenters. The van der Waals surface area contributed by atoms with Gasteiger partial charge in [-0.25, -0.2) is 0 Å². The van der Waals surface area contributed by atoms with Crippen LogP contribution in [0.1, 0.15) is 34.8 Å². The summed E-state index contributed by atoms with van der Waals surface area (Å²) >= 11 is 1.58. The minimum absolute atomic E-state index is 0. The fourth-order valence-electron chi connectivity index (χ4n) is 1.18. The smallest absolute Gasteiger partial charge is 0.174 e. The number of ketones is 1. The molecule has 0 aliphatic carbocycles. The molecular formula is C11H18ClNOS. The topological polar surface area (TPSA) is 29.1 Å². The lowest BCUT2D eigenvalue weighted by Gasteiger charge is -2.05. The van der Waals surface area contributed by atoms with E-state index in [1.54, 1.807) is 11.3 Å². The molecule has 0 aromatic carbocycles. The molecule has 0 radical (unpaired) electrons. The number of carbonyl (C=O) groups excluding carboxylic acids is 1. The zero-order valence-corrected chi connectivity index (χ0v) is 11.0. The highest BCUT2D eigenvalue weighted by molar-refractivity contribution is 7.14. The molecule has 1 aromatic rings. The summed E-state index contributed by atoms with van der Waals surface area (Å²) in [6.07, 6.45) is 0.595. The van der Waals surface area contributed by atoms with Crippen molar-refractivity contribution in [2.24, 2.45) is 0 Å². The third-order valence-corrected chi connectivity index (χ3v) is 2.96. The van der Waals surface area contributed by atoms with Crippen LogP contribution in [0.3, 0.4) is 0 Å². The lowest BCUT2D eigenvalue weighted by atomic mass is 10.2. The first-order chi connectivity index (χ1) is 6.59. The van der Waals surface area contributed by atoms with E-state index in [2.05, 4.69) is 19.2 Å². The van der Waals surface area contributed by atoms with E-state index in [-0.39, 0.29) is 18.2 Å². The van der Waals surface area contributed by atoms with Gasteiger partial charge in [-0.2, -0.15) is 0 Å². The van der Waals surface area contributed by atoms with Crippen LogP contribution >= 0.6 is 23.7 Å². The largest absolute Gasteiger partial charge is 0.314 e. The summed E-state index contributed by atoms with van der Waals surface area (Å²) in [6.45, 7) is 6.96. The fraction of sp³-hybridized carbons (Fsp3) is 0.545. The number of hydrogen-bond acceptors (Lipinski definition) is 3. The van der Waals surface area contributed by atoms with E-state index in [1.165, 1.54) is 4.88 Å². The molecule has 1 heterocycles. The first kappa shape index (κ1) is 14.6. The van der Waals surface area contributed by atoms with E-state index < -0.39 is 0 Å². The molecule has 0 amide bonds. The first-order valence-corrected chi connectivity index (χ1v) is 5.74. The molecule has 4 heteroatoms. The van der Waals surface area contributed by atoms with E-state index in [9.17, 15) is 4.79 Å². The van der Waals surface area contributed by atoms with Gasteiger partial charge >= 0.3 is 0 Å². The Hall–Kier alpha value is -0.380. The molecule has 0 unspecified atom stereocenters. The summed E-state index contributed by atoms with van der Waals surface area (Å²) in [6, 6.07) is 4.36. The maximum Gasteiger partial charge on any atom is 0.174 e. The van der Waals surface area contributed by atoms with Gasteiger partial charge in [0.15, 0.2) is 5.78 Å². The van der Waals surface area contributed by atoms with E-state index in [0.717, 1.165) is 11.4 Å². The average Bonchev–Trinajstić information content (AvgIpc) is 2.51. The Balaban J connectivity index is 0.00000196. The number of thiophene rings is 1. The molecule has 1 aromatic heterocycles. The minimum Gasteiger partial charge on any atom is -0.314 e. The third kappa shape index (κ3) is 5.30. The summed E-state index contributed by atoms with van der Waals surface area (Å²) < 4.78 is 0. The Morgan fingerprint density at radius 2 is 2.13 bits per heavy atom. The second-order valence-corrected chi connectivity index (χ2v) is 4.98. The Morgan fingerprint density at radius 3 is 2.60 bits per heavy atom.